The van der Waals surface area contributed by atoms with E-state index < -0.39 is 17.7 Å². The van der Waals surface area contributed by atoms with Crippen LogP contribution in [0.25, 0.3) is 16.7 Å². The van der Waals surface area contributed by atoms with Gasteiger partial charge in [0, 0.05) is 41.0 Å². The average molecular weight is 465 g/mol. The van der Waals surface area contributed by atoms with Gasteiger partial charge in [-0.15, -0.1) is 0 Å². The van der Waals surface area contributed by atoms with E-state index >= 15 is 0 Å². The number of para-hydroxylation sites is 1. The number of hydrogen-bond donors (Lipinski definition) is 1. The Morgan fingerprint density at radius 1 is 0.943 bits per heavy atom. The summed E-state index contributed by atoms with van der Waals surface area (Å²) in [4.78, 5) is 28.5. The number of rotatable bonds is 4. The number of Topliss-reactive ketones (excluding diaryl/α,β-unsaturated/α-hetero) is 1. The highest BCUT2D eigenvalue weighted by Crippen LogP contribution is 2.44. The summed E-state index contributed by atoms with van der Waals surface area (Å²) in [7, 11) is 1.94. The minimum absolute atomic E-state index is 0.106. The highest BCUT2D eigenvalue weighted by atomic mass is 16.3. The summed E-state index contributed by atoms with van der Waals surface area (Å²) < 4.78 is 1.99. The fraction of sp³-hybridized carbons (Fsp3) is 0.200. The van der Waals surface area contributed by atoms with Crippen molar-refractivity contribution in [2.45, 2.75) is 33.2 Å². The van der Waals surface area contributed by atoms with E-state index in [1.165, 1.54) is 4.90 Å². The molecule has 5 rings (SSSR count). The lowest BCUT2D eigenvalue weighted by molar-refractivity contribution is -0.132. The first-order valence-electron chi connectivity index (χ1n) is 11.8. The minimum Gasteiger partial charge on any atom is -0.507 e. The van der Waals surface area contributed by atoms with Crippen molar-refractivity contribution < 1.29 is 14.7 Å². The van der Waals surface area contributed by atoms with E-state index in [2.05, 4.69) is 6.92 Å². The molecule has 176 valence electrons. The molecule has 1 unspecified atom stereocenters. The molecule has 1 atom stereocenters. The summed E-state index contributed by atoms with van der Waals surface area (Å²) in [5.41, 5.74) is 6.27. The maximum Gasteiger partial charge on any atom is 0.300 e. The lowest BCUT2D eigenvalue weighted by Gasteiger charge is -2.25. The average Bonchev–Trinajstić information content (AvgIpc) is 3.34. The van der Waals surface area contributed by atoms with Gasteiger partial charge in [0.25, 0.3) is 11.7 Å². The Balaban J connectivity index is 1.79. The lowest BCUT2D eigenvalue weighted by atomic mass is 9.94. The zero-order valence-electron chi connectivity index (χ0n) is 20.4. The molecule has 5 heteroatoms. The van der Waals surface area contributed by atoms with Crippen LogP contribution in [0, 0.1) is 13.8 Å². The zero-order valence-corrected chi connectivity index (χ0v) is 20.4. The van der Waals surface area contributed by atoms with Crippen molar-refractivity contribution in [3.8, 4) is 0 Å². The Kier molecular flexibility index (Phi) is 5.56. The van der Waals surface area contributed by atoms with Crippen LogP contribution in [0.15, 0.2) is 78.5 Å². The molecule has 0 aliphatic carbocycles. The van der Waals surface area contributed by atoms with E-state index in [9.17, 15) is 14.7 Å². The predicted molar refractivity (Wildman–Crippen MR) is 139 cm³/mol. The van der Waals surface area contributed by atoms with E-state index in [0.717, 1.165) is 39.6 Å². The first-order chi connectivity index (χ1) is 16.8. The smallest absolute Gasteiger partial charge is 0.300 e. The lowest BCUT2D eigenvalue weighted by Crippen LogP contribution is -2.29. The Morgan fingerprint density at radius 2 is 1.66 bits per heavy atom. The van der Waals surface area contributed by atoms with Crippen molar-refractivity contribution in [2.75, 3.05) is 4.90 Å². The molecule has 1 aliphatic heterocycles. The van der Waals surface area contributed by atoms with E-state index in [-0.39, 0.29) is 11.3 Å². The number of hydrogen-bond acceptors (Lipinski definition) is 3. The number of carbonyl (C=O) groups excluding carboxylic acids is 2. The van der Waals surface area contributed by atoms with Gasteiger partial charge in [-0.2, -0.15) is 0 Å². The third-order valence-corrected chi connectivity index (χ3v) is 7.07. The van der Waals surface area contributed by atoms with Gasteiger partial charge < -0.3 is 9.67 Å². The normalized spacial score (nSPS) is 17.5. The topological polar surface area (TPSA) is 62.5 Å². The molecule has 1 N–H and O–H groups in total. The second kappa shape index (κ2) is 8.58. The van der Waals surface area contributed by atoms with Crippen LogP contribution in [0.2, 0.25) is 0 Å². The van der Waals surface area contributed by atoms with E-state index in [1.54, 1.807) is 6.07 Å². The van der Waals surface area contributed by atoms with Gasteiger partial charge in [0.15, 0.2) is 0 Å². The van der Waals surface area contributed by atoms with Gasteiger partial charge in [0.05, 0.1) is 11.6 Å². The van der Waals surface area contributed by atoms with Crippen LogP contribution < -0.4 is 4.90 Å². The number of fused-ring (bicyclic) bond motifs is 1. The molecule has 0 radical (unpaired) electrons. The molecule has 5 nitrogen and oxygen atoms in total. The highest BCUT2D eigenvalue weighted by Gasteiger charge is 2.47. The van der Waals surface area contributed by atoms with Crippen molar-refractivity contribution in [3.63, 3.8) is 0 Å². The quantitative estimate of drug-likeness (QED) is 0.229. The molecular weight excluding hydrogens is 436 g/mol. The van der Waals surface area contributed by atoms with Gasteiger partial charge in [-0.1, -0.05) is 49.4 Å². The molecule has 2 heterocycles. The van der Waals surface area contributed by atoms with Crippen molar-refractivity contribution in [1.82, 2.24) is 4.57 Å². The summed E-state index contributed by atoms with van der Waals surface area (Å²) in [5, 5.41) is 12.4. The number of nitrogens with zero attached hydrogens (tertiary/aromatic N) is 2. The maximum absolute atomic E-state index is 13.5. The predicted octanol–water partition coefficient (Wildman–Crippen LogP) is 5.98. The van der Waals surface area contributed by atoms with Gasteiger partial charge in [-0.05, 0) is 61.2 Å². The number of aryl methyl sites for hydroxylation is 4. The molecule has 1 amide bonds. The summed E-state index contributed by atoms with van der Waals surface area (Å²) >= 11 is 0. The van der Waals surface area contributed by atoms with Crippen molar-refractivity contribution in [3.05, 3.63) is 106 Å². The summed E-state index contributed by atoms with van der Waals surface area (Å²) in [6, 6.07) is 20.4. The number of aliphatic hydroxyl groups is 1. The van der Waals surface area contributed by atoms with Crippen molar-refractivity contribution in [2.24, 2.45) is 7.05 Å². The molecule has 1 aliphatic rings. The van der Waals surface area contributed by atoms with E-state index in [4.69, 9.17) is 0 Å². The number of carbonyl (C=O) groups is 2. The standard InChI is InChI=1S/C30H28N2O3/c1-5-20-11-14-22(15-12-20)32-27(24-17-31(4)25-9-7-6-8-23(24)25)26(29(34)30(32)35)28(33)21-13-10-18(2)19(3)16-21/h6-17,27,33H,5H2,1-4H3/b28-26+. The van der Waals surface area contributed by atoms with Gasteiger partial charge >= 0.3 is 0 Å². The molecule has 1 aromatic heterocycles. The minimum atomic E-state index is -0.754. The van der Waals surface area contributed by atoms with Crippen LogP contribution in [0.4, 0.5) is 5.69 Å². The largest absolute Gasteiger partial charge is 0.507 e. The van der Waals surface area contributed by atoms with Gasteiger partial charge in [0.1, 0.15) is 5.76 Å². The second-order valence-electron chi connectivity index (χ2n) is 9.20. The van der Waals surface area contributed by atoms with Gasteiger partial charge in [-0.3, -0.25) is 14.5 Å². The number of aliphatic hydroxyl groups excluding tert-OH is 1. The van der Waals surface area contributed by atoms with E-state index in [0.29, 0.717) is 11.3 Å². The Morgan fingerprint density at radius 3 is 2.34 bits per heavy atom. The first-order valence-corrected chi connectivity index (χ1v) is 11.8. The molecule has 1 saturated heterocycles. The van der Waals surface area contributed by atoms with Crippen LogP contribution in [0.5, 0.6) is 0 Å². The molecule has 0 bridgehead atoms. The SMILES string of the molecule is CCc1ccc(N2C(=O)C(=O)/C(=C(/O)c3ccc(C)c(C)c3)C2c2cn(C)c3ccccc23)cc1. The number of anilines is 1. The number of ketones is 1. The molecule has 0 saturated carbocycles. The van der Waals surface area contributed by atoms with Gasteiger partial charge in [0.2, 0.25) is 0 Å². The van der Waals surface area contributed by atoms with Crippen LogP contribution in [0.3, 0.4) is 0 Å². The highest BCUT2D eigenvalue weighted by molar-refractivity contribution is 6.51. The fourth-order valence-electron chi connectivity index (χ4n) is 4.92. The Bertz CT molecular complexity index is 1510. The third-order valence-electron chi connectivity index (χ3n) is 7.07. The summed E-state index contributed by atoms with van der Waals surface area (Å²) in [6.45, 7) is 6.03. The molecular formula is C30H28N2O3. The fourth-order valence-corrected chi connectivity index (χ4v) is 4.92. The third kappa shape index (κ3) is 3.64. The van der Waals surface area contributed by atoms with Crippen LogP contribution in [-0.2, 0) is 23.1 Å². The molecule has 35 heavy (non-hydrogen) atoms. The van der Waals surface area contributed by atoms with E-state index in [1.807, 2.05) is 92.3 Å². The Labute approximate surface area is 204 Å². The summed E-state index contributed by atoms with van der Waals surface area (Å²) in [6.07, 6.45) is 2.82. The first kappa shape index (κ1) is 22.7. The number of amides is 1. The maximum atomic E-state index is 13.5. The van der Waals surface area contributed by atoms with Gasteiger partial charge in [-0.25, -0.2) is 0 Å². The van der Waals surface area contributed by atoms with Crippen molar-refractivity contribution >= 4 is 34.0 Å². The molecule has 4 aromatic rings. The number of aromatic nitrogens is 1. The van der Waals surface area contributed by atoms with Crippen LogP contribution >= 0.6 is 0 Å². The molecule has 3 aromatic carbocycles. The van der Waals surface area contributed by atoms with Crippen LogP contribution in [0.1, 0.15) is 40.8 Å². The molecule has 1 fully saturated rings. The van der Waals surface area contributed by atoms with Crippen molar-refractivity contribution in [1.29, 1.82) is 0 Å². The monoisotopic (exact) mass is 464 g/mol. The molecule has 0 spiro atoms. The zero-order chi connectivity index (χ0) is 24.9. The second-order valence-corrected chi connectivity index (χ2v) is 9.20. The van der Waals surface area contributed by atoms with Crippen LogP contribution in [-0.4, -0.2) is 21.4 Å². The Hall–Kier alpha value is -4.12. The summed E-state index contributed by atoms with van der Waals surface area (Å²) in [5.74, 6) is -1.48. The number of benzene rings is 3.